The van der Waals surface area contributed by atoms with Crippen molar-refractivity contribution >= 4 is 12.3 Å². The van der Waals surface area contributed by atoms with E-state index in [0.717, 1.165) is 7.11 Å². The number of carbonyl (C=O) groups excluding carboxylic acids is 1. The third-order valence-corrected chi connectivity index (χ3v) is 1.24. The van der Waals surface area contributed by atoms with Crippen molar-refractivity contribution in [2.45, 2.75) is 0 Å². The van der Waals surface area contributed by atoms with Gasteiger partial charge in [-0.15, -0.1) is 0 Å². The average Bonchev–Trinajstić information content (AvgIpc) is 2.17. The molecule has 0 bridgehead atoms. The second kappa shape index (κ2) is 4.80. The van der Waals surface area contributed by atoms with Gasteiger partial charge in [-0.3, -0.25) is 0 Å². The van der Waals surface area contributed by atoms with Gasteiger partial charge >= 0.3 is 12.3 Å². The zero-order valence-electron chi connectivity index (χ0n) is 7.67. The first-order chi connectivity index (χ1) is 7.11. The van der Waals surface area contributed by atoms with Gasteiger partial charge in [0, 0.05) is 12.1 Å². The van der Waals surface area contributed by atoms with E-state index in [9.17, 15) is 9.59 Å². The van der Waals surface area contributed by atoms with Crippen LogP contribution < -0.4 is 9.47 Å². The molecule has 1 heterocycles. The lowest BCUT2D eigenvalue weighted by molar-refractivity contribution is 0.119. The van der Waals surface area contributed by atoms with Crippen LogP contribution in [0.15, 0.2) is 18.2 Å². The van der Waals surface area contributed by atoms with E-state index < -0.39 is 12.3 Å². The molecule has 0 atom stereocenters. The van der Waals surface area contributed by atoms with Crippen molar-refractivity contribution < 1.29 is 28.9 Å². The van der Waals surface area contributed by atoms with E-state index in [1.807, 2.05) is 0 Å². The fourth-order valence-electron chi connectivity index (χ4n) is 0.726. The van der Waals surface area contributed by atoms with Gasteiger partial charge in [-0.1, -0.05) is 6.07 Å². The molecular formula is C8H7NO6. The van der Waals surface area contributed by atoms with E-state index in [0.29, 0.717) is 0 Å². The summed E-state index contributed by atoms with van der Waals surface area (Å²) in [6.45, 7) is 0. The second-order valence-corrected chi connectivity index (χ2v) is 2.24. The van der Waals surface area contributed by atoms with Crippen molar-refractivity contribution in [3.05, 3.63) is 18.2 Å². The van der Waals surface area contributed by atoms with Gasteiger partial charge in [-0.25, -0.2) is 9.59 Å². The number of hydrogen-bond acceptors (Lipinski definition) is 6. The molecule has 1 aromatic heterocycles. The Morgan fingerprint density at radius 1 is 1.27 bits per heavy atom. The molecule has 80 valence electrons. The van der Waals surface area contributed by atoms with E-state index in [1.54, 1.807) is 0 Å². The number of rotatable bonds is 2. The number of carboxylic acid groups (broad SMARTS) is 1. The monoisotopic (exact) mass is 213 g/mol. The largest absolute Gasteiger partial charge is 0.514 e. The number of methoxy groups -OCH3 is 1. The zero-order chi connectivity index (χ0) is 11.3. The summed E-state index contributed by atoms with van der Waals surface area (Å²) in [6, 6.07) is 4.08. The van der Waals surface area contributed by atoms with Crippen LogP contribution in [-0.2, 0) is 4.74 Å². The van der Waals surface area contributed by atoms with Gasteiger partial charge in [0.2, 0.25) is 11.8 Å². The van der Waals surface area contributed by atoms with E-state index >= 15 is 0 Å². The van der Waals surface area contributed by atoms with Gasteiger partial charge in [-0.05, 0) is 0 Å². The highest BCUT2D eigenvalue weighted by Crippen LogP contribution is 2.13. The van der Waals surface area contributed by atoms with Crippen LogP contribution in [0.4, 0.5) is 9.59 Å². The van der Waals surface area contributed by atoms with Crippen LogP contribution in [0.3, 0.4) is 0 Å². The van der Waals surface area contributed by atoms with Crippen LogP contribution in [0.25, 0.3) is 0 Å². The number of nitrogens with zero attached hydrogens (tertiary/aromatic N) is 1. The first-order valence-electron chi connectivity index (χ1n) is 3.75. The fraction of sp³-hybridized carbons (Fsp3) is 0.125. The molecule has 0 aromatic carbocycles. The molecule has 0 spiro atoms. The van der Waals surface area contributed by atoms with Gasteiger partial charge in [0.25, 0.3) is 0 Å². The highest BCUT2D eigenvalue weighted by atomic mass is 16.7. The summed E-state index contributed by atoms with van der Waals surface area (Å²) in [6.07, 6.45) is -2.45. The Morgan fingerprint density at radius 2 is 1.87 bits per heavy atom. The molecule has 0 amide bonds. The lowest BCUT2D eigenvalue weighted by Crippen LogP contribution is -2.09. The molecule has 0 unspecified atom stereocenters. The van der Waals surface area contributed by atoms with Crippen LogP contribution in [0.1, 0.15) is 0 Å². The highest BCUT2D eigenvalue weighted by Gasteiger charge is 2.07. The van der Waals surface area contributed by atoms with Gasteiger partial charge in [0.1, 0.15) is 0 Å². The van der Waals surface area contributed by atoms with Crippen LogP contribution in [0, 0.1) is 0 Å². The molecular weight excluding hydrogens is 206 g/mol. The third kappa shape index (κ3) is 3.51. The maximum Gasteiger partial charge on any atom is 0.514 e. The lowest BCUT2D eigenvalue weighted by Gasteiger charge is -2.02. The van der Waals surface area contributed by atoms with Crippen molar-refractivity contribution in [3.63, 3.8) is 0 Å². The lowest BCUT2D eigenvalue weighted by atomic mass is 10.5. The van der Waals surface area contributed by atoms with Crippen molar-refractivity contribution in [2.24, 2.45) is 0 Å². The number of ether oxygens (including phenoxy) is 3. The molecule has 0 aliphatic heterocycles. The zero-order valence-corrected chi connectivity index (χ0v) is 7.67. The Bertz CT molecular complexity index is 377. The summed E-state index contributed by atoms with van der Waals surface area (Å²) in [5.41, 5.74) is 0. The third-order valence-electron chi connectivity index (χ3n) is 1.24. The quantitative estimate of drug-likeness (QED) is 0.739. The predicted molar refractivity (Wildman–Crippen MR) is 45.9 cm³/mol. The summed E-state index contributed by atoms with van der Waals surface area (Å²) in [5, 5.41) is 8.29. The van der Waals surface area contributed by atoms with Crippen LogP contribution in [-0.4, -0.2) is 29.5 Å². The van der Waals surface area contributed by atoms with Crippen LogP contribution in [0.5, 0.6) is 11.8 Å². The average molecular weight is 213 g/mol. The van der Waals surface area contributed by atoms with Crippen molar-refractivity contribution in [3.8, 4) is 11.8 Å². The summed E-state index contributed by atoms with van der Waals surface area (Å²) in [4.78, 5) is 24.4. The maximum atomic E-state index is 10.7. The molecule has 0 radical (unpaired) electrons. The molecule has 0 fully saturated rings. The standard InChI is InChI=1S/C8H7NO6/c1-13-8(12)15-6-4-2-3-5(9-6)14-7(10)11/h2-4H,1H3,(H,10,11). The molecule has 0 aliphatic rings. The molecule has 15 heavy (non-hydrogen) atoms. The Hall–Kier alpha value is -2.31. The Balaban J connectivity index is 2.74. The van der Waals surface area contributed by atoms with E-state index in [1.165, 1.54) is 18.2 Å². The van der Waals surface area contributed by atoms with Crippen molar-refractivity contribution in [2.75, 3.05) is 7.11 Å². The number of pyridine rings is 1. The summed E-state index contributed by atoms with van der Waals surface area (Å²) in [5.74, 6) is -0.301. The molecule has 0 saturated carbocycles. The van der Waals surface area contributed by atoms with Crippen LogP contribution >= 0.6 is 0 Å². The Morgan fingerprint density at radius 3 is 2.40 bits per heavy atom. The minimum absolute atomic E-state index is 0.111. The van der Waals surface area contributed by atoms with Gasteiger partial charge in [0.15, 0.2) is 0 Å². The maximum absolute atomic E-state index is 10.7. The molecule has 7 nitrogen and oxygen atoms in total. The van der Waals surface area contributed by atoms with Crippen molar-refractivity contribution in [1.82, 2.24) is 4.98 Å². The fourth-order valence-corrected chi connectivity index (χ4v) is 0.726. The van der Waals surface area contributed by atoms with Gasteiger partial charge in [-0.2, -0.15) is 4.98 Å². The molecule has 7 heteroatoms. The SMILES string of the molecule is COC(=O)Oc1cccc(OC(=O)O)n1. The topological polar surface area (TPSA) is 95.0 Å². The summed E-state index contributed by atoms with van der Waals surface area (Å²) < 4.78 is 13.0. The molecule has 0 aliphatic carbocycles. The minimum Gasteiger partial charge on any atom is -0.449 e. The smallest absolute Gasteiger partial charge is 0.449 e. The molecule has 1 rings (SSSR count). The predicted octanol–water partition coefficient (Wildman–Crippen LogP) is 1.28. The van der Waals surface area contributed by atoms with Gasteiger partial charge in [0.05, 0.1) is 7.11 Å². The minimum atomic E-state index is -1.50. The molecule has 1 N–H and O–H groups in total. The normalized spacial score (nSPS) is 9.13. The number of aromatic nitrogens is 1. The summed E-state index contributed by atoms with van der Waals surface area (Å²) in [7, 11) is 1.14. The molecule has 1 aromatic rings. The Labute approximate surface area is 84.2 Å². The first kappa shape index (κ1) is 10.8. The molecule has 0 saturated heterocycles. The Kier molecular flexibility index (Phi) is 3.44. The highest BCUT2D eigenvalue weighted by molar-refractivity contribution is 5.63. The van der Waals surface area contributed by atoms with E-state index in [2.05, 4.69) is 19.2 Å². The van der Waals surface area contributed by atoms with Crippen molar-refractivity contribution in [1.29, 1.82) is 0 Å². The second-order valence-electron chi connectivity index (χ2n) is 2.24. The number of carbonyl (C=O) groups is 2. The van der Waals surface area contributed by atoms with Gasteiger partial charge < -0.3 is 19.3 Å². The van der Waals surface area contributed by atoms with Crippen LogP contribution in [0.2, 0.25) is 0 Å². The summed E-state index contributed by atoms with van der Waals surface area (Å²) >= 11 is 0. The van der Waals surface area contributed by atoms with E-state index in [4.69, 9.17) is 5.11 Å². The van der Waals surface area contributed by atoms with E-state index in [-0.39, 0.29) is 11.8 Å². The first-order valence-corrected chi connectivity index (χ1v) is 3.75. The number of hydrogen-bond donors (Lipinski definition) is 1.